The second-order valence-corrected chi connectivity index (χ2v) is 8.10. The number of fused-ring (bicyclic) bond motifs is 1. The maximum atomic E-state index is 5.94. The molecule has 1 heterocycles. The maximum Gasteiger partial charge on any atom is 0.0630 e. The van der Waals surface area contributed by atoms with Crippen LogP contribution in [0.3, 0.4) is 0 Å². The average Bonchev–Trinajstić information content (AvgIpc) is 2.54. The molecular weight excluding hydrogens is 328 g/mol. The number of aliphatic imine (C=N–C) groups is 1. The highest BCUT2D eigenvalue weighted by Crippen LogP contribution is 2.44. The van der Waals surface area contributed by atoms with Crippen LogP contribution >= 0.6 is 11.6 Å². The zero-order chi connectivity index (χ0) is 18.2. The highest BCUT2D eigenvalue weighted by molar-refractivity contribution is 6.30. The Bertz CT molecular complexity index is 790. The van der Waals surface area contributed by atoms with Gasteiger partial charge in [-0.2, -0.15) is 0 Å². The first kappa shape index (κ1) is 18.0. The van der Waals surface area contributed by atoms with Crippen molar-refractivity contribution in [2.24, 2.45) is 4.99 Å². The Kier molecular flexibility index (Phi) is 4.92. The van der Waals surface area contributed by atoms with Crippen molar-refractivity contribution >= 4 is 29.2 Å². The number of aryl methyl sites for hydroxylation is 1. The summed E-state index contributed by atoms with van der Waals surface area (Å²) in [5, 5.41) is 0.736. The Hall–Kier alpha value is -1.80. The second-order valence-electron chi connectivity index (χ2n) is 7.66. The Labute approximate surface area is 156 Å². The lowest BCUT2D eigenvalue weighted by atomic mass is 9.79. The number of nitrogens with zero attached hydrogens (tertiary/aromatic N) is 2. The van der Waals surface area contributed by atoms with E-state index in [0.29, 0.717) is 5.92 Å². The molecule has 1 unspecified atom stereocenters. The fraction of sp³-hybridized carbons (Fsp3) is 0.409. The molecule has 2 aromatic rings. The van der Waals surface area contributed by atoms with E-state index in [1.807, 2.05) is 30.5 Å². The topological polar surface area (TPSA) is 15.6 Å². The summed E-state index contributed by atoms with van der Waals surface area (Å²) in [5.41, 5.74) is 6.39. The lowest BCUT2D eigenvalue weighted by Crippen LogP contribution is -2.48. The van der Waals surface area contributed by atoms with Gasteiger partial charge in [0, 0.05) is 29.0 Å². The van der Waals surface area contributed by atoms with Crippen molar-refractivity contribution in [1.82, 2.24) is 0 Å². The molecule has 25 heavy (non-hydrogen) atoms. The van der Waals surface area contributed by atoms with Gasteiger partial charge in [-0.05, 0) is 93.1 Å². The molecule has 1 aliphatic heterocycles. The smallest absolute Gasteiger partial charge is 0.0630 e. The fourth-order valence-electron chi connectivity index (χ4n) is 4.06. The van der Waals surface area contributed by atoms with Crippen molar-refractivity contribution < 1.29 is 0 Å². The third kappa shape index (κ3) is 3.59. The number of halogens is 1. The van der Waals surface area contributed by atoms with Gasteiger partial charge in [0.25, 0.3) is 0 Å². The van der Waals surface area contributed by atoms with Crippen LogP contribution in [-0.4, -0.2) is 18.3 Å². The molecule has 0 spiro atoms. The maximum absolute atomic E-state index is 5.94. The Balaban J connectivity index is 1.99. The molecule has 0 amide bonds. The van der Waals surface area contributed by atoms with Gasteiger partial charge in [-0.25, -0.2) is 0 Å². The molecule has 0 saturated heterocycles. The number of rotatable bonds is 3. The third-order valence-corrected chi connectivity index (χ3v) is 5.52. The van der Waals surface area contributed by atoms with E-state index in [2.05, 4.69) is 56.6 Å². The molecule has 3 rings (SSSR count). The summed E-state index contributed by atoms with van der Waals surface area (Å²) >= 11 is 5.94. The van der Waals surface area contributed by atoms with Crippen molar-refractivity contribution in [3.63, 3.8) is 0 Å². The molecule has 0 fully saturated rings. The minimum atomic E-state index is 0.201. The molecule has 2 aromatic carbocycles. The highest BCUT2D eigenvalue weighted by atomic mass is 35.5. The molecule has 0 aromatic heterocycles. The van der Waals surface area contributed by atoms with E-state index in [1.54, 1.807) is 0 Å². The van der Waals surface area contributed by atoms with Crippen LogP contribution in [0.15, 0.2) is 41.4 Å². The number of benzene rings is 2. The summed E-state index contributed by atoms with van der Waals surface area (Å²) in [6.45, 7) is 12.5. The normalized spacial score (nSPS) is 19.3. The van der Waals surface area contributed by atoms with Crippen molar-refractivity contribution in [3.05, 3.63) is 58.1 Å². The number of hydrogen-bond donors (Lipinski definition) is 0. The molecular formula is C22H27ClN2. The molecule has 2 nitrogen and oxygen atoms in total. The van der Waals surface area contributed by atoms with Crippen LogP contribution in [0.4, 0.5) is 11.4 Å². The monoisotopic (exact) mass is 354 g/mol. The SMILES string of the molecule is CCN1c2cc(C)c(C=Nc3ccc(Cl)cc3)cc2C(C)CC1(C)C. The van der Waals surface area contributed by atoms with Crippen LogP contribution < -0.4 is 4.90 Å². The molecule has 0 bridgehead atoms. The van der Waals surface area contributed by atoms with E-state index in [-0.39, 0.29) is 5.54 Å². The molecule has 1 aliphatic rings. The summed E-state index contributed by atoms with van der Waals surface area (Å²) in [7, 11) is 0. The zero-order valence-corrected chi connectivity index (χ0v) is 16.6. The largest absolute Gasteiger partial charge is 0.366 e. The van der Waals surface area contributed by atoms with Crippen LogP contribution in [0, 0.1) is 6.92 Å². The van der Waals surface area contributed by atoms with Crippen molar-refractivity contribution in [2.75, 3.05) is 11.4 Å². The minimum Gasteiger partial charge on any atom is -0.366 e. The Morgan fingerprint density at radius 2 is 1.92 bits per heavy atom. The van der Waals surface area contributed by atoms with Crippen LogP contribution in [0.1, 0.15) is 56.7 Å². The molecule has 0 radical (unpaired) electrons. The van der Waals surface area contributed by atoms with Gasteiger partial charge in [-0.1, -0.05) is 18.5 Å². The third-order valence-electron chi connectivity index (χ3n) is 5.27. The molecule has 3 heteroatoms. The van der Waals surface area contributed by atoms with Crippen molar-refractivity contribution in [1.29, 1.82) is 0 Å². The lowest BCUT2D eigenvalue weighted by Gasteiger charge is -2.47. The average molecular weight is 355 g/mol. The summed E-state index contributed by atoms with van der Waals surface area (Å²) in [5.74, 6) is 0.552. The van der Waals surface area contributed by atoms with Crippen molar-refractivity contribution in [2.45, 2.75) is 52.5 Å². The highest BCUT2D eigenvalue weighted by Gasteiger charge is 2.35. The van der Waals surface area contributed by atoms with E-state index in [9.17, 15) is 0 Å². The van der Waals surface area contributed by atoms with E-state index in [4.69, 9.17) is 11.6 Å². The van der Waals surface area contributed by atoms with Gasteiger partial charge in [-0.15, -0.1) is 0 Å². The molecule has 0 aliphatic carbocycles. The molecule has 132 valence electrons. The van der Waals surface area contributed by atoms with E-state index >= 15 is 0 Å². The quantitative estimate of drug-likeness (QED) is 0.573. The van der Waals surface area contributed by atoms with Crippen LogP contribution in [0.2, 0.25) is 5.02 Å². The van der Waals surface area contributed by atoms with E-state index in [1.165, 1.54) is 28.8 Å². The summed E-state index contributed by atoms with van der Waals surface area (Å²) < 4.78 is 0. The molecule has 0 N–H and O–H groups in total. The summed E-state index contributed by atoms with van der Waals surface area (Å²) in [4.78, 5) is 7.16. The zero-order valence-electron chi connectivity index (χ0n) is 15.8. The van der Waals surface area contributed by atoms with Gasteiger partial charge in [0.15, 0.2) is 0 Å². The van der Waals surface area contributed by atoms with Gasteiger partial charge in [-0.3, -0.25) is 4.99 Å². The lowest BCUT2D eigenvalue weighted by molar-refractivity contribution is 0.381. The van der Waals surface area contributed by atoms with Gasteiger partial charge >= 0.3 is 0 Å². The van der Waals surface area contributed by atoms with Gasteiger partial charge in [0.05, 0.1) is 5.69 Å². The Morgan fingerprint density at radius 1 is 1.24 bits per heavy atom. The first-order valence-corrected chi connectivity index (χ1v) is 9.41. The van der Waals surface area contributed by atoms with Gasteiger partial charge in [0.1, 0.15) is 0 Å². The fourth-order valence-corrected chi connectivity index (χ4v) is 4.19. The summed E-state index contributed by atoms with van der Waals surface area (Å²) in [6.07, 6.45) is 3.15. The molecule has 1 atom stereocenters. The van der Waals surface area contributed by atoms with Crippen LogP contribution in [0.25, 0.3) is 0 Å². The predicted octanol–water partition coefficient (Wildman–Crippen LogP) is 6.51. The van der Waals surface area contributed by atoms with E-state index in [0.717, 1.165) is 17.3 Å². The first-order chi connectivity index (χ1) is 11.8. The minimum absolute atomic E-state index is 0.201. The summed E-state index contributed by atoms with van der Waals surface area (Å²) in [6, 6.07) is 12.3. The number of anilines is 1. The van der Waals surface area contributed by atoms with E-state index < -0.39 is 0 Å². The van der Waals surface area contributed by atoms with Gasteiger partial charge in [0.2, 0.25) is 0 Å². The van der Waals surface area contributed by atoms with Crippen LogP contribution in [0.5, 0.6) is 0 Å². The second kappa shape index (κ2) is 6.84. The van der Waals surface area contributed by atoms with Gasteiger partial charge < -0.3 is 4.90 Å². The van der Waals surface area contributed by atoms with Crippen molar-refractivity contribution in [3.8, 4) is 0 Å². The predicted molar refractivity (Wildman–Crippen MR) is 110 cm³/mol. The first-order valence-electron chi connectivity index (χ1n) is 9.03. The Morgan fingerprint density at radius 3 is 2.56 bits per heavy atom. The standard InChI is InChI=1S/C22H27ClN2/c1-6-25-21-11-15(2)17(12-20(21)16(3)13-22(25,4)5)14-24-19-9-7-18(23)8-10-19/h7-12,14,16H,6,13H2,1-5H3. The van der Waals surface area contributed by atoms with Crippen LogP contribution in [-0.2, 0) is 0 Å². The number of hydrogen-bond acceptors (Lipinski definition) is 2. The molecule has 0 saturated carbocycles.